The van der Waals surface area contributed by atoms with E-state index in [0.29, 0.717) is 25.0 Å². The van der Waals surface area contributed by atoms with Crippen LogP contribution in [0.1, 0.15) is 29.8 Å². The van der Waals surface area contributed by atoms with Gasteiger partial charge in [-0.3, -0.25) is 0 Å². The predicted octanol–water partition coefficient (Wildman–Crippen LogP) is 2.80. The molecular weight excluding hydrogens is 314 g/mol. The van der Waals surface area contributed by atoms with Crippen LogP contribution >= 0.6 is 0 Å². The molecule has 0 saturated heterocycles. The highest BCUT2D eigenvalue weighted by molar-refractivity contribution is 7.91. The summed E-state index contributed by atoms with van der Waals surface area (Å²) in [5.41, 5.74) is 2.22. The molecule has 3 rings (SSSR count). The summed E-state index contributed by atoms with van der Waals surface area (Å²) < 4.78 is 28.5. The fourth-order valence-corrected chi connectivity index (χ4v) is 4.04. The number of carbonyl (C=O) groups is 1. The van der Waals surface area contributed by atoms with Gasteiger partial charge in [-0.15, -0.1) is 0 Å². The van der Waals surface area contributed by atoms with Gasteiger partial charge in [0.25, 0.3) is 0 Å². The number of esters is 1. The van der Waals surface area contributed by atoms with Crippen molar-refractivity contribution in [3.63, 3.8) is 0 Å². The molecule has 1 aliphatic carbocycles. The number of carbonyl (C=O) groups excluding carboxylic acids is 1. The van der Waals surface area contributed by atoms with Gasteiger partial charge in [0, 0.05) is 18.4 Å². The molecule has 5 nitrogen and oxygen atoms in total. The maximum absolute atomic E-state index is 12.2. The van der Waals surface area contributed by atoms with Crippen molar-refractivity contribution in [3.8, 4) is 11.3 Å². The van der Waals surface area contributed by atoms with Crippen molar-refractivity contribution in [3.05, 3.63) is 48.2 Å². The molecule has 1 aromatic carbocycles. The fourth-order valence-electron chi connectivity index (χ4n) is 2.91. The van der Waals surface area contributed by atoms with E-state index in [9.17, 15) is 13.2 Å². The monoisotopic (exact) mass is 333 g/mol. The number of benzene rings is 1. The maximum atomic E-state index is 12.2. The third kappa shape index (κ3) is 3.64. The molecule has 6 heteroatoms. The quantitative estimate of drug-likeness (QED) is 0.873. The predicted molar refractivity (Wildman–Crippen MR) is 87.9 cm³/mol. The number of H-pyrrole nitrogens is 1. The Morgan fingerprint density at radius 1 is 1.13 bits per heavy atom. The van der Waals surface area contributed by atoms with Crippen molar-refractivity contribution in [2.24, 2.45) is 0 Å². The molecule has 0 radical (unpaired) electrons. The van der Waals surface area contributed by atoms with Crippen LogP contribution in [0.25, 0.3) is 11.3 Å². The number of nitrogens with one attached hydrogen (secondary N) is 1. The van der Waals surface area contributed by atoms with E-state index in [1.54, 1.807) is 6.07 Å². The Morgan fingerprint density at radius 3 is 2.52 bits per heavy atom. The number of aromatic amines is 1. The summed E-state index contributed by atoms with van der Waals surface area (Å²) in [6.45, 7) is 0. The van der Waals surface area contributed by atoms with Crippen LogP contribution in [0.4, 0.5) is 0 Å². The molecule has 0 aliphatic heterocycles. The van der Waals surface area contributed by atoms with Crippen LogP contribution in [0.15, 0.2) is 42.5 Å². The molecule has 0 bridgehead atoms. The lowest BCUT2D eigenvalue weighted by molar-refractivity contribution is 0.0312. The minimum atomic E-state index is -3.07. The summed E-state index contributed by atoms with van der Waals surface area (Å²) in [7, 11) is -3.07. The van der Waals surface area contributed by atoms with E-state index in [-0.39, 0.29) is 6.10 Å². The van der Waals surface area contributed by atoms with Gasteiger partial charge in [0.2, 0.25) is 0 Å². The van der Waals surface area contributed by atoms with Crippen LogP contribution in [0.5, 0.6) is 0 Å². The van der Waals surface area contributed by atoms with E-state index in [0.717, 1.165) is 11.3 Å². The number of ether oxygens (including phenoxy) is 1. The van der Waals surface area contributed by atoms with Crippen molar-refractivity contribution in [1.82, 2.24) is 4.98 Å². The second kappa shape index (κ2) is 6.20. The first-order chi connectivity index (χ1) is 10.9. The van der Waals surface area contributed by atoms with Gasteiger partial charge in [-0.1, -0.05) is 30.3 Å². The van der Waals surface area contributed by atoms with E-state index in [1.807, 2.05) is 36.4 Å². The number of sulfone groups is 1. The van der Waals surface area contributed by atoms with Crippen molar-refractivity contribution in [2.45, 2.75) is 30.6 Å². The minimum Gasteiger partial charge on any atom is -0.458 e. The zero-order chi connectivity index (χ0) is 16.4. The Hall–Kier alpha value is -2.08. The van der Waals surface area contributed by atoms with Crippen molar-refractivity contribution in [2.75, 3.05) is 6.26 Å². The first-order valence-corrected chi connectivity index (χ1v) is 9.53. The average molecular weight is 333 g/mol. The fraction of sp³-hybridized carbons (Fsp3) is 0.353. The summed E-state index contributed by atoms with van der Waals surface area (Å²) in [6.07, 6.45) is 2.44. The Bertz CT molecular complexity index is 795. The van der Waals surface area contributed by atoms with Crippen molar-refractivity contribution in [1.29, 1.82) is 0 Å². The third-order valence-electron chi connectivity index (χ3n) is 4.21. The molecule has 1 aliphatic rings. The number of aromatic nitrogens is 1. The van der Waals surface area contributed by atoms with Gasteiger partial charge in [-0.2, -0.15) is 0 Å². The molecule has 122 valence electrons. The largest absolute Gasteiger partial charge is 0.458 e. The Morgan fingerprint density at radius 2 is 1.87 bits per heavy atom. The van der Waals surface area contributed by atoms with Crippen LogP contribution < -0.4 is 0 Å². The zero-order valence-electron chi connectivity index (χ0n) is 12.9. The maximum Gasteiger partial charge on any atom is 0.355 e. The van der Waals surface area contributed by atoms with Gasteiger partial charge in [0.05, 0.1) is 5.25 Å². The number of hydrogen-bond donors (Lipinski definition) is 1. The standard InChI is InChI=1S/C17H19NO4S/c1-23(20,21)14-8-7-13(11-14)22-17(19)16-10-9-15(18-16)12-5-3-2-4-6-12/h2-6,9-10,13-14,18H,7-8,11H2,1H3/t13-,14+/m0/s1. The zero-order valence-corrected chi connectivity index (χ0v) is 13.7. The van der Waals surface area contributed by atoms with Gasteiger partial charge in [0.1, 0.15) is 21.6 Å². The van der Waals surface area contributed by atoms with E-state index in [1.165, 1.54) is 6.26 Å². The molecule has 1 saturated carbocycles. The molecule has 2 atom stereocenters. The highest BCUT2D eigenvalue weighted by Crippen LogP contribution is 2.28. The first-order valence-electron chi connectivity index (χ1n) is 7.58. The summed E-state index contributed by atoms with van der Waals surface area (Å²) >= 11 is 0. The lowest BCUT2D eigenvalue weighted by Crippen LogP contribution is -2.20. The van der Waals surface area contributed by atoms with Gasteiger partial charge in [-0.25, -0.2) is 13.2 Å². The van der Waals surface area contributed by atoms with Gasteiger partial charge < -0.3 is 9.72 Å². The van der Waals surface area contributed by atoms with E-state index in [4.69, 9.17) is 4.74 Å². The first kappa shape index (κ1) is 15.8. The SMILES string of the molecule is CS(=O)(=O)[C@@H]1CC[C@H](OC(=O)c2ccc(-c3ccccc3)[nH]2)C1. The Labute approximate surface area is 135 Å². The molecule has 0 amide bonds. The summed E-state index contributed by atoms with van der Waals surface area (Å²) in [5.74, 6) is -0.439. The highest BCUT2D eigenvalue weighted by Gasteiger charge is 2.33. The highest BCUT2D eigenvalue weighted by atomic mass is 32.2. The molecule has 23 heavy (non-hydrogen) atoms. The smallest absolute Gasteiger partial charge is 0.355 e. The second-order valence-corrected chi connectivity index (χ2v) is 8.27. The van der Waals surface area contributed by atoms with Crippen LogP contribution in [0.3, 0.4) is 0 Å². The molecule has 1 fully saturated rings. The topological polar surface area (TPSA) is 76.2 Å². The van der Waals surface area contributed by atoms with Crippen LogP contribution in [-0.4, -0.2) is 37.0 Å². The van der Waals surface area contributed by atoms with Crippen molar-refractivity contribution < 1.29 is 17.9 Å². The van der Waals surface area contributed by atoms with Crippen LogP contribution in [0, 0.1) is 0 Å². The number of rotatable bonds is 4. The van der Waals surface area contributed by atoms with Crippen LogP contribution in [0.2, 0.25) is 0 Å². The molecule has 0 spiro atoms. The van der Waals surface area contributed by atoms with E-state index >= 15 is 0 Å². The normalized spacial score (nSPS) is 21.3. The molecule has 0 unspecified atom stereocenters. The lowest BCUT2D eigenvalue weighted by Gasteiger charge is -2.11. The molecule has 2 aromatic rings. The second-order valence-electron chi connectivity index (χ2n) is 5.94. The molecular formula is C17H19NO4S. The van der Waals surface area contributed by atoms with Gasteiger partial charge in [-0.05, 0) is 30.5 Å². The summed E-state index contributed by atoms with van der Waals surface area (Å²) in [5, 5.41) is -0.399. The van der Waals surface area contributed by atoms with Crippen molar-refractivity contribution >= 4 is 15.8 Å². The van der Waals surface area contributed by atoms with Gasteiger partial charge >= 0.3 is 5.97 Å². The third-order valence-corrected chi connectivity index (χ3v) is 5.85. The van der Waals surface area contributed by atoms with E-state index < -0.39 is 21.1 Å². The van der Waals surface area contributed by atoms with E-state index in [2.05, 4.69) is 4.98 Å². The number of hydrogen-bond acceptors (Lipinski definition) is 4. The molecule has 1 N–H and O–H groups in total. The average Bonchev–Trinajstić information content (AvgIpc) is 3.16. The lowest BCUT2D eigenvalue weighted by atomic mass is 10.2. The molecule has 1 heterocycles. The van der Waals surface area contributed by atoms with Crippen LogP contribution in [-0.2, 0) is 14.6 Å². The Kier molecular flexibility index (Phi) is 4.26. The summed E-state index contributed by atoms with van der Waals surface area (Å²) in [4.78, 5) is 15.3. The summed E-state index contributed by atoms with van der Waals surface area (Å²) in [6, 6.07) is 13.2. The minimum absolute atomic E-state index is 0.328. The van der Waals surface area contributed by atoms with Gasteiger partial charge in [0.15, 0.2) is 0 Å². The Balaban J connectivity index is 1.65. The molecule has 1 aromatic heterocycles.